The highest BCUT2D eigenvalue weighted by atomic mass is 16.5. The van der Waals surface area contributed by atoms with E-state index in [9.17, 15) is 0 Å². The Bertz CT molecular complexity index is 892. The van der Waals surface area contributed by atoms with Gasteiger partial charge in [-0.1, -0.05) is 52.0 Å². The first-order valence-electron chi connectivity index (χ1n) is 9.80. The highest BCUT2D eigenvalue weighted by molar-refractivity contribution is 5.72. The number of nitrogens with zero attached hydrogens (tertiary/aromatic N) is 2. The van der Waals surface area contributed by atoms with E-state index in [4.69, 9.17) is 9.47 Å². The maximum absolute atomic E-state index is 6.06. The lowest BCUT2D eigenvalue weighted by Crippen LogP contribution is -2.09. The van der Waals surface area contributed by atoms with Crippen molar-refractivity contribution in [3.63, 3.8) is 0 Å². The van der Waals surface area contributed by atoms with Crippen LogP contribution >= 0.6 is 0 Å². The van der Waals surface area contributed by atoms with E-state index < -0.39 is 0 Å². The van der Waals surface area contributed by atoms with E-state index in [-0.39, 0.29) is 0 Å². The summed E-state index contributed by atoms with van der Waals surface area (Å²) in [7, 11) is 0. The van der Waals surface area contributed by atoms with Crippen LogP contribution in [0.5, 0.6) is 11.5 Å². The van der Waals surface area contributed by atoms with Gasteiger partial charge in [-0.15, -0.1) is 0 Å². The zero-order valence-corrected chi connectivity index (χ0v) is 17.1. The van der Waals surface area contributed by atoms with Crippen LogP contribution in [0.1, 0.15) is 27.7 Å². The van der Waals surface area contributed by atoms with Crippen LogP contribution in [-0.4, -0.2) is 23.2 Å². The molecule has 28 heavy (non-hydrogen) atoms. The lowest BCUT2D eigenvalue weighted by Gasteiger charge is -2.16. The average molecular weight is 377 g/mol. The molecule has 0 aliphatic heterocycles. The summed E-state index contributed by atoms with van der Waals surface area (Å²) < 4.78 is 12.0. The average Bonchev–Trinajstić information content (AvgIpc) is 2.71. The van der Waals surface area contributed by atoms with E-state index in [2.05, 4.69) is 61.9 Å². The Morgan fingerprint density at radius 3 is 1.96 bits per heavy atom. The minimum absolute atomic E-state index is 0.445. The van der Waals surface area contributed by atoms with E-state index in [0.29, 0.717) is 25.0 Å². The molecule has 1 aromatic heterocycles. The van der Waals surface area contributed by atoms with Gasteiger partial charge >= 0.3 is 0 Å². The lowest BCUT2D eigenvalue weighted by molar-refractivity contribution is 0.229. The first-order valence-corrected chi connectivity index (χ1v) is 9.80. The summed E-state index contributed by atoms with van der Waals surface area (Å²) in [5.74, 6) is 3.20. The topological polar surface area (TPSA) is 44.2 Å². The molecule has 146 valence electrons. The van der Waals surface area contributed by atoms with E-state index in [1.54, 1.807) is 12.4 Å². The van der Waals surface area contributed by atoms with Gasteiger partial charge in [-0.2, -0.15) is 0 Å². The van der Waals surface area contributed by atoms with Crippen LogP contribution in [0.25, 0.3) is 22.5 Å². The van der Waals surface area contributed by atoms with Gasteiger partial charge in [-0.3, -0.25) is 0 Å². The molecule has 0 atom stereocenters. The zero-order valence-electron chi connectivity index (χ0n) is 17.1. The van der Waals surface area contributed by atoms with Crippen LogP contribution in [0, 0.1) is 11.8 Å². The van der Waals surface area contributed by atoms with E-state index in [1.165, 1.54) is 0 Å². The predicted molar refractivity (Wildman–Crippen MR) is 114 cm³/mol. The molecule has 0 aliphatic rings. The predicted octanol–water partition coefficient (Wildman–Crippen LogP) is 5.88. The number of ether oxygens (including phenoxy) is 2. The smallest absolute Gasteiger partial charge is 0.161 e. The zero-order chi connectivity index (χ0) is 19.9. The van der Waals surface area contributed by atoms with Crippen molar-refractivity contribution in [2.45, 2.75) is 27.7 Å². The van der Waals surface area contributed by atoms with Crippen LogP contribution in [0.15, 0.2) is 60.9 Å². The second-order valence-electron chi connectivity index (χ2n) is 7.72. The fourth-order valence-corrected chi connectivity index (χ4v) is 2.72. The third-order valence-electron chi connectivity index (χ3n) is 4.11. The van der Waals surface area contributed by atoms with Crippen molar-refractivity contribution in [3.8, 4) is 34.0 Å². The summed E-state index contributed by atoms with van der Waals surface area (Å²) in [5, 5.41) is 0. The molecule has 0 fully saturated rings. The molecular weight excluding hydrogens is 348 g/mol. The van der Waals surface area contributed by atoms with Gasteiger partial charge in [-0.05, 0) is 47.2 Å². The van der Waals surface area contributed by atoms with E-state index in [0.717, 1.165) is 34.0 Å². The van der Waals surface area contributed by atoms with Gasteiger partial charge in [0.1, 0.15) is 0 Å². The fourth-order valence-electron chi connectivity index (χ4n) is 2.72. The van der Waals surface area contributed by atoms with Gasteiger partial charge in [0.2, 0.25) is 0 Å². The Morgan fingerprint density at radius 1 is 0.679 bits per heavy atom. The standard InChI is InChI=1S/C24H28N2O2/c1-17(2)15-27-22-10-9-20(14-23(22)28-16-18(3)4)19-7-5-8-21(13-19)24-25-11-6-12-26-24/h5-14,17-18H,15-16H2,1-4H3. The minimum atomic E-state index is 0.445. The number of benzene rings is 2. The molecule has 1 heterocycles. The molecule has 4 nitrogen and oxygen atoms in total. The highest BCUT2D eigenvalue weighted by Gasteiger charge is 2.11. The summed E-state index contributed by atoms with van der Waals surface area (Å²) in [6, 6.07) is 16.2. The molecule has 3 rings (SSSR count). The molecule has 0 radical (unpaired) electrons. The quantitative estimate of drug-likeness (QED) is 0.492. The molecule has 0 N–H and O–H groups in total. The normalized spacial score (nSPS) is 11.1. The van der Waals surface area contributed by atoms with Gasteiger partial charge in [0.05, 0.1) is 13.2 Å². The molecule has 0 bridgehead atoms. The van der Waals surface area contributed by atoms with Crippen LogP contribution in [-0.2, 0) is 0 Å². The summed E-state index contributed by atoms with van der Waals surface area (Å²) >= 11 is 0. The van der Waals surface area contributed by atoms with Crippen LogP contribution in [0.3, 0.4) is 0 Å². The minimum Gasteiger partial charge on any atom is -0.489 e. The summed E-state index contributed by atoms with van der Waals surface area (Å²) in [6.45, 7) is 9.88. The largest absolute Gasteiger partial charge is 0.489 e. The molecule has 0 spiro atoms. The maximum atomic E-state index is 6.06. The van der Waals surface area contributed by atoms with Crippen molar-refractivity contribution in [2.75, 3.05) is 13.2 Å². The maximum Gasteiger partial charge on any atom is 0.161 e. The summed E-state index contributed by atoms with van der Waals surface area (Å²) in [6.07, 6.45) is 3.52. The Hall–Kier alpha value is -2.88. The van der Waals surface area contributed by atoms with Crippen molar-refractivity contribution in [3.05, 3.63) is 60.9 Å². The molecule has 2 aromatic carbocycles. The van der Waals surface area contributed by atoms with Crippen LogP contribution < -0.4 is 9.47 Å². The van der Waals surface area contributed by atoms with Crippen molar-refractivity contribution >= 4 is 0 Å². The molecule has 4 heteroatoms. The summed E-state index contributed by atoms with van der Waals surface area (Å²) in [5.41, 5.74) is 3.16. The van der Waals surface area contributed by atoms with Crippen molar-refractivity contribution in [1.29, 1.82) is 0 Å². The van der Waals surface area contributed by atoms with Gasteiger partial charge in [-0.25, -0.2) is 9.97 Å². The Balaban J connectivity index is 1.92. The van der Waals surface area contributed by atoms with E-state index >= 15 is 0 Å². The Kier molecular flexibility index (Phi) is 6.64. The molecule has 0 saturated heterocycles. The lowest BCUT2D eigenvalue weighted by atomic mass is 10.0. The van der Waals surface area contributed by atoms with Crippen molar-refractivity contribution < 1.29 is 9.47 Å². The molecular formula is C24H28N2O2. The SMILES string of the molecule is CC(C)COc1ccc(-c2cccc(-c3ncccn3)c2)cc1OCC(C)C. The van der Waals surface area contributed by atoms with Crippen LogP contribution in [0.2, 0.25) is 0 Å². The third kappa shape index (κ3) is 5.32. The van der Waals surface area contributed by atoms with E-state index in [1.807, 2.05) is 24.3 Å². The second kappa shape index (κ2) is 9.36. The Morgan fingerprint density at radius 2 is 1.29 bits per heavy atom. The second-order valence-corrected chi connectivity index (χ2v) is 7.72. The first-order chi connectivity index (χ1) is 13.5. The first kappa shape index (κ1) is 19.9. The molecule has 0 saturated carbocycles. The molecule has 0 amide bonds. The number of hydrogen-bond acceptors (Lipinski definition) is 4. The number of aromatic nitrogens is 2. The fraction of sp³-hybridized carbons (Fsp3) is 0.333. The molecule has 3 aromatic rings. The van der Waals surface area contributed by atoms with Gasteiger partial charge in [0.15, 0.2) is 17.3 Å². The monoisotopic (exact) mass is 376 g/mol. The van der Waals surface area contributed by atoms with Gasteiger partial charge < -0.3 is 9.47 Å². The number of rotatable bonds is 8. The third-order valence-corrected chi connectivity index (χ3v) is 4.11. The molecule has 0 unspecified atom stereocenters. The van der Waals surface area contributed by atoms with Gasteiger partial charge in [0, 0.05) is 18.0 Å². The number of hydrogen-bond donors (Lipinski definition) is 0. The Labute approximate surface area is 167 Å². The summed E-state index contributed by atoms with van der Waals surface area (Å²) in [4.78, 5) is 8.70. The van der Waals surface area contributed by atoms with Gasteiger partial charge in [0.25, 0.3) is 0 Å². The van der Waals surface area contributed by atoms with Crippen LogP contribution in [0.4, 0.5) is 0 Å². The van der Waals surface area contributed by atoms with Crippen molar-refractivity contribution in [1.82, 2.24) is 9.97 Å². The highest BCUT2D eigenvalue weighted by Crippen LogP contribution is 2.34. The van der Waals surface area contributed by atoms with Crippen molar-refractivity contribution in [2.24, 2.45) is 11.8 Å². The molecule has 0 aliphatic carbocycles.